The zero-order valence-corrected chi connectivity index (χ0v) is 16.8. The molecule has 4 nitrogen and oxygen atoms in total. The van der Waals surface area contributed by atoms with Crippen LogP contribution in [0.25, 0.3) is 39.2 Å². The monoisotopic (exact) mass is 381 g/mol. The third kappa shape index (κ3) is 3.22. The second-order valence-corrected chi connectivity index (χ2v) is 7.75. The van der Waals surface area contributed by atoms with Crippen molar-refractivity contribution in [3.05, 3.63) is 85.1 Å². The number of hydrogen-bond donors (Lipinski definition) is 1. The molecule has 0 saturated heterocycles. The Morgan fingerprint density at radius 1 is 0.793 bits per heavy atom. The number of rotatable bonds is 5. The Balaban J connectivity index is 1.57. The molecule has 5 rings (SSSR count). The number of hydrogen-bond acceptors (Lipinski definition) is 1. The first-order valence-corrected chi connectivity index (χ1v) is 10.0. The smallest absolute Gasteiger partial charge is 0.306 e. The second kappa shape index (κ2) is 7.22. The minimum Gasteiger partial charge on any atom is -0.306 e. The van der Waals surface area contributed by atoms with Gasteiger partial charge >= 0.3 is 5.78 Å². The molecule has 0 fully saturated rings. The van der Waals surface area contributed by atoms with Crippen molar-refractivity contribution in [1.29, 1.82) is 0 Å². The fourth-order valence-electron chi connectivity index (χ4n) is 3.94. The van der Waals surface area contributed by atoms with Crippen molar-refractivity contribution in [1.82, 2.24) is 14.3 Å². The quantitative estimate of drug-likeness (QED) is 0.443. The average Bonchev–Trinajstić information content (AvgIpc) is 3.31. The molecule has 3 aromatic carbocycles. The molecule has 4 heteroatoms. The maximum absolute atomic E-state index is 3.66. The number of fused-ring (bicyclic) bond motifs is 3. The van der Waals surface area contributed by atoms with E-state index in [4.69, 9.17) is 0 Å². The van der Waals surface area contributed by atoms with Crippen molar-refractivity contribution < 1.29 is 4.57 Å². The summed E-state index contributed by atoms with van der Waals surface area (Å²) in [5.41, 5.74) is 7.28. The van der Waals surface area contributed by atoms with Crippen LogP contribution in [0.4, 0.5) is 0 Å². The van der Waals surface area contributed by atoms with Crippen LogP contribution in [0.5, 0.6) is 0 Å². The van der Waals surface area contributed by atoms with E-state index in [0.29, 0.717) is 0 Å². The Labute approximate surface area is 170 Å². The van der Waals surface area contributed by atoms with Crippen LogP contribution in [0, 0.1) is 0 Å². The van der Waals surface area contributed by atoms with E-state index in [9.17, 15) is 0 Å². The molecule has 0 unspecified atom stereocenters. The van der Waals surface area contributed by atoms with Crippen molar-refractivity contribution in [2.75, 3.05) is 20.6 Å². The average molecular weight is 382 g/mol. The predicted molar refractivity (Wildman–Crippen MR) is 119 cm³/mol. The van der Waals surface area contributed by atoms with Crippen molar-refractivity contribution >= 4 is 16.8 Å². The van der Waals surface area contributed by atoms with Crippen LogP contribution in [-0.4, -0.2) is 34.9 Å². The molecule has 0 amide bonds. The van der Waals surface area contributed by atoms with Gasteiger partial charge < -0.3 is 4.90 Å². The SMILES string of the molecule is CN(C)CC[n+]1c2ccccc2n2cc(-c3ccc(-c4ccccc4)cc3)[nH]c21. The molecule has 29 heavy (non-hydrogen) atoms. The first-order valence-electron chi connectivity index (χ1n) is 10.0. The number of para-hydroxylation sites is 2. The van der Waals surface area contributed by atoms with E-state index < -0.39 is 0 Å². The van der Waals surface area contributed by atoms with Crippen LogP contribution in [0.2, 0.25) is 0 Å². The molecule has 2 aromatic heterocycles. The number of likely N-dealkylation sites (N-methyl/N-ethyl adjacent to an activating group) is 1. The maximum atomic E-state index is 3.66. The van der Waals surface area contributed by atoms with E-state index in [-0.39, 0.29) is 0 Å². The molecule has 0 aliphatic rings. The van der Waals surface area contributed by atoms with Crippen molar-refractivity contribution in [3.63, 3.8) is 0 Å². The van der Waals surface area contributed by atoms with E-state index in [1.54, 1.807) is 0 Å². The molecule has 5 aromatic rings. The summed E-state index contributed by atoms with van der Waals surface area (Å²) in [4.78, 5) is 5.88. The summed E-state index contributed by atoms with van der Waals surface area (Å²) in [6, 6.07) is 27.9. The van der Waals surface area contributed by atoms with Gasteiger partial charge in [0.2, 0.25) is 0 Å². The number of H-pyrrole nitrogens is 1. The van der Waals surface area contributed by atoms with Gasteiger partial charge in [-0.25, -0.2) is 9.55 Å². The highest BCUT2D eigenvalue weighted by Gasteiger charge is 2.21. The van der Waals surface area contributed by atoms with Gasteiger partial charge in [0.15, 0.2) is 0 Å². The molecule has 0 saturated carbocycles. The molecule has 0 spiro atoms. The minimum absolute atomic E-state index is 0.941. The van der Waals surface area contributed by atoms with Crippen molar-refractivity contribution in [3.8, 4) is 22.4 Å². The summed E-state index contributed by atoms with van der Waals surface area (Å²) in [7, 11) is 4.23. The van der Waals surface area contributed by atoms with Gasteiger partial charge in [-0.05, 0) is 37.4 Å². The molecule has 0 bridgehead atoms. The Morgan fingerprint density at radius 3 is 2.21 bits per heavy atom. The summed E-state index contributed by atoms with van der Waals surface area (Å²) in [6.45, 7) is 1.94. The van der Waals surface area contributed by atoms with E-state index in [1.807, 2.05) is 0 Å². The number of benzene rings is 3. The molecular formula is C25H25N4+. The highest BCUT2D eigenvalue weighted by Crippen LogP contribution is 2.25. The van der Waals surface area contributed by atoms with Gasteiger partial charge in [-0.2, -0.15) is 4.40 Å². The normalized spacial score (nSPS) is 11.7. The summed E-state index contributed by atoms with van der Waals surface area (Å²) in [5, 5.41) is 0. The zero-order chi connectivity index (χ0) is 19.8. The summed E-state index contributed by atoms with van der Waals surface area (Å²) >= 11 is 0. The second-order valence-electron chi connectivity index (χ2n) is 7.75. The number of nitrogens with zero attached hydrogens (tertiary/aromatic N) is 3. The first kappa shape index (κ1) is 17.7. The van der Waals surface area contributed by atoms with Crippen molar-refractivity contribution in [2.24, 2.45) is 0 Å². The first-order chi connectivity index (χ1) is 14.2. The third-order valence-electron chi connectivity index (χ3n) is 5.49. The van der Waals surface area contributed by atoms with Crippen LogP contribution >= 0.6 is 0 Å². The number of imidazole rings is 2. The summed E-state index contributed by atoms with van der Waals surface area (Å²) in [5.74, 6) is 1.12. The van der Waals surface area contributed by atoms with Gasteiger partial charge in [-0.1, -0.05) is 66.7 Å². The van der Waals surface area contributed by atoms with Gasteiger partial charge in [-0.3, -0.25) is 0 Å². The maximum Gasteiger partial charge on any atom is 0.368 e. The fourth-order valence-corrected chi connectivity index (χ4v) is 3.94. The van der Waals surface area contributed by atoms with Gasteiger partial charge in [0.05, 0.1) is 6.54 Å². The van der Waals surface area contributed by atoms with Crippen LogP contribution in [0.3, 0.4) is 0 Å². The van der Waals surface area contributed by atoms with Gasteiger partial charge in [0.1, 0.15) is 22.9 Å². The van der Waals surface area contributed by atoms with Crippen LogP contribution in [0.1, 0.15) is 0 Å². The molecule has 0 aliphatic carbocycles. The fraction of sp³-hybridized carbons (Fsp3) is 0.160. The molecule has 2 heterocycles. The number of aromatic nitrogens is 3. The largest absolute Gasteiger partial charge is 0.368 e. The van der Waals surface area contributed by atoms with Crippen LogP contribution in [0.15, 0.2) is 85.1 Å². The highest BCUT2D eigenvalue weighted by atomic mass is 15.2. The Morgan fingerprint density at radius 2 is 1.45 bits per heavy atom. The zero-order valence-electron chi connectivity index (χ0n) is 16.8. The third-order valence-corrected chi connectivity index (χ3v) is 5.49. The lowest BCUT2D eigenvalue weighted by molar-refractivity contribution is -0.647. The standard InChI is InChI=1S/C25H24N4/c1-27(2)16-17-28-23-10-6-7-11-24(23)29-18-22(26-25(28)29)21-14-12-20(13-15-21)19-8-4-3-5-9-19/h3-15,18H,16-17H2,1-2H3/p+1. The lowest BCUT2D eigenvalue weighted by atomic mass is 10.0. The predicted octanol–water partition coefficient (Wildman–Crippen LogP) is 4.60. The Kier molecular flexibility index (Phi) is 4.41. The lowest BCUT2D eigenvalue weighted by Crippen LogP contribution is -2.38. The molecule has 0 radical (unpaired) electrons. The molecule has 1 N–H and O–H groups in total. The van der Waals surface area contributed by atoms with Gasteiger partial charge in [0, 0.05) is 12.1 Å². The van der Waals surface area contributed by atoms with Gasteiger partial charge in [0.25, 0.3) is 0 Å². The van der Waals surface area contributed by atoms with E-state index in [2.05, 4.69) is 118 Å². The lowest BCUT2D eigenvalue weighted by Gasteiger charge is -2.07. The molecular weight excluding hydrogens is 356 g/mol. The highest BCUT2D eigenvalue weighted by molar-refractivity contribution is 5.77. The Hall–Kier alpha value is -3.37. The van der Waals surface area contributed by atoms with E-state index in [0.717, 1.165) is 24.6 Å². The summed E-state index contributed by atoms with van der Waals surface area (Å²) < 4.78 is 4.64. The number of aromatic amines is 1. The minimum atomic E-state index is 0.941. The van der Waals surface area contributed by atoms with Gasteiger partial charge in [-0.15, -0.1) is 0 Å². The topological polar surface area (TPSA) is 27.3 Å². The molecule has 0 atom stereocenters. The molecule has 144 valence electrons. The van der Waals surface area contributed by atoms with Crippen LogP contribution < -0.4 is 4.57 Å². The van der Waals surface area contributed by atoms with E-state index in [1.165, 1.54) is 27.7 Å². The summed E-state index contributed by atoms with van der Waals surface area (Å²) in [6.07, 6.45) is 2.21. The van der Waals surface area contributed by atoms with Crippen molar-refractivity contribution in [2.45, 2.75) is 6.54 Å². The number of nitrogens with one attached hydrogen (secondary N) is 1. The molecule has 0 aliphatic heterocycles. The Bertz CT molecular complexity index is 1260. The van der Waals surface area contributed by atoms with E-state index >= 15 is 0 Å². The van der Waals surface area contributed by atoms with Crippen LogP contribution in [-0.2, 0) is 6.54 Å².